The fraction of sp³-hybridized carbons (Fsp3) is 1.00. The van der Waals surface area contributed by atoms with Gasteiger partial charge in [0.25, 0.3) is 0 Å². The van der Waals surface area contributed by atoms with E-state index < -0.39 is 0 Å². The molecular weight excluding hydrogens is 202 g/mol. The maximum atomic E-state index is 2.71. The van der Waals surface area contributed by atoms with Gasteiger partial charge in [0.15, 0.2) is 9.84 Å². The normalized spacial score (nSPS) is 25.0. The fourth-order valence-electron chi connectivity index (χ4n) is 2.30. The standard InChI is InChI=1S/C11H27N3Si/c1-5-7-9-12(3)11-13(4)15-14(11)10-8-6-2/h11H,5-10,15H2,1-4H3. The maximum Gasteiger partial charge on any atom is 0.177 e. The molecule has 90 valence electrons. The lowest BCUT2D eigenvalue weighted by atomic mass is 10.3. The second kappa shape index (κ2) is 6.63. The second-order valence-corrected chi connectivity index (χ2v) is 6.84. The summed E-state index contributed by atoms with van der Waals surface area (Å²) in [6.45, 7) is 7.10. The smallest absolute Gasteiger partial charge is 0.177 e. The summed E-state index contributed by atoms with van der Waals surface area (Å²) in [6.07, 6.45) is 5.92. The Hall–Kier alpha value is 0.0969. The summed E-state index contributed by atoms with van der Waals surface area (Å²) in [6, 6.07) is 0. The van der Waals surface area contributed by atoms with E-state index in [-0.39, 0.29) is 9.84 Å². The Bertz CT molecular complexity index is 167. The van der Waals surface area contributed by atoms with Crippen LogP contribution >= 0.6 is 0 Å². The van der Waals surface area contributed by atoms with E-state index in [9.17, 15) is 0 Å². The first-order valence-electron chi connectivity index (χ1n) is 6.35. The van der Waals surface area contributed by atoms with Crippen molar-refractivity contribution < 1.29 is 0 Å². The van der Waals surface area contributed by atoms with Gasteiger partial charge in [0.2, 0.25) is 0 Å². The minimum atomic E-state index is -0.0655. The first-order valence-corrected chi connectivity index (χ1v) is 7.61. The molecular formula is C11H27N3Si. The highest BCUT2D eigenvalue weighted by molar-refractivity contribution is 6.31. The van der Waals surface area contributed by atoms with Crippen LogP contribution in [0.2, 0.25) is 0 Å². The molecule has 15 heavy (non-hydrogen) atoms. The van der Waals surface area contributed by atoms with E-state index in [0.29, 0.717) is 6.29 Å². The molecule has 1 unspecified atom stereocenters. The Morgan fingerprint density at radius 3 is 2.40 bits per heavy atom. The van der Waals surface area contributed by atoms with Crippen LogP contribution in [-0.2, 0) is 0 Å². The van der Waals surface area contributed by atoms with E-state index in [0.717, 1.165) is 0 Å². The number of rotatable bonds is 7. The highest BCUT2D eigenvalue weighted by atomic mass is 28.2. The summed E-state index contributed by atoms with van der Waals surface area (Å²) in [5, 5.41) is 0. The third-order valence-electron chi connectivity index (χ3n) is 3.18. The third kappa shape index (κ3) is 3.55. The molecule has 1 rings (SSSR count). The molecule has 1 atom stereocenters. The van der Waals surface area contributed by atoms with Crippen molar-refractivity contribution in [3.05, 3.63) is 0 Å². The van der Waals surface area contributed by atoms with Crippen molar-refractivity contribution in [2.75, 3.05) is 27.2 Å². The molecule has 0 aromatic carbocycles. The largest absolute Gasteiger partial charge is 0.292 e. The zero-order chi connectivity index (χ0) is 11.3. The number of hydrogen-bond acceptors (Lipinski definition) is 3. The highest BCUT2D eigenvalue weighted by Gasteiger charge is 2.35. The molecule has 0 bridgehead atoms. The Labute approximate surface area is 97.4 Å². The van der Waals surface area contributed by atoms with Crippen molar-refractivity contribution >= 4 is 9.84 Å². The van der Waals surface area contributed by atoms with Crippen LogP contribution in [0.4, 0.5) is 0 Å². The van der Waals surface area contributed by atoms with Crippen molar-refractivity contribution in [2.24, 2.45) is 0 Å². The molecule has 3 nitrogen and oxygen atoms in total. The summed E-state index contributed by atoms with van der Waals surface area (Å²) in [5.41, 5.74) is 0. The van der Waals surface area contributed by atoms with Crippen molar-refractivity contribution in [2.45, 2.75) is 45.8 Å². The zero-order valence-corrected chi connectivity index (χ0v) is 12.3. The van der Waals surface area contributed by atoms with E-state index >= 15 is 0 Å². The van der Waals surface area contributed by atoms with Gasteiger partial charge in [0, 0.05) is 6.54 Å². The Morgan fingerprint density at radius 1 is 1.20 bits per heavy atom. The monoisotopic (exact) mass is 229 g/mol. The van der Waals surface area contributed by atoms with Crippen LogP contribution in [0, 0.1) is 0 Å². The summed E-state index contributed by atoms with van der Waals surface area (Å²) in [5.74, 6) is 0. The second-order valence-electron chi connectivity index (χ2n) is 4.74. The summed E-state index contributed by atoms with van der Waals surface area (Å²) >= 11 is 0. The zero-order valence-electron chi connectivity index (χ0n) is 10.9. The van der Waals surface area contributed by atoms with Gasteiger partial charge in [0.05, 0.1) is 0 Å². The van der Waals surface area contributed by atoms with Crippen LogP contribution in [0.1, 0.15) is 39.5 Å². The molecule has 1 aliphatic rings. The van der Waals surface area contributed by atoms with Crippen LogP contribution in [0.5, 0.6) is 0 Å². The highest BCUT2D eigenvalue weighted by Crippen LogP contribution is 2.18. The number of nitrogens with zero attached hydrogens (tertiary/aromatic N) is 3. The average molecular weight is 229 g/mol. The average Bonchev–Trinajstić information content (AvgIpc) is 2.20. The van der Waals surface area contributed by atoms with Crippen molar-refractivity contribution in [3.63, 3.8) is 0 Å². The number of hydrogen-bond donors (Lipinski definition) is 0. The minimum absolute atomic E-state index is 0.0655. The van der Waals surface area contributed by atoms with Gasteiger partial charge in [-0.1, -0.05) is 26.7 Å². The van der Waals surface area contributed by atoms with Crippen molar-refractivity contribution in [3.8, 4) is 0 Å². The first-order chi connectivity index (χ1) is 7.20. The van der Waals surface area contributed by atoms with Crippen LogP contribution in [0.3, 0.4) is 0 Å². The molecule has 0 N–H and O–H groups in total. The van der Waals surface area contributed by atoms with Crippen LogP contribution in [-0.4, -0.2) is 57.3 Å². The number of unbranched alkanes of at least 4 members (excludes halogenated alkanes) is 2. The predicted molar refractivity (Wildman–Crippen MR) is 69.2 cm³/mol. The lowest BCUT2D eigenvalue weighted by Crippen LogP contribution is -2.70. The van der Waals surface area contributed by atoms with E-state index in [1.54, 1.807) is 0 Å². The molecule has 4 heteroatoms. The molecule has 0 radical (unpaired) electrons. The maximum absolute atomic E-state index is 2.71. The van der Waals surface area contributed by atoms with Gasteiger partial charge in [-0.3, -0.25) is 14.0 Å². The topological polar surface area (TPSA) is 9.72 Å². The van der Waals surface area contributed by atoms with E-state index in [2.05, 4.69) is 42.0 Å². The Balaban J connectivity index is 2.29. The van der Waals surface area contributed by atoms with Gasteiger partial charge in [0.1, 0.15) is 6.29 Å². The van der Waals surface area contributed by atoms with E-state index in [1.165, 1.54) is 38.8 Å². The van der Waals surface area contributed by atoms with Crippen LogP contribution in [0.25, 0.3) is 0 Å². The SMILES string of the molecule is CCCCN(C)C1N(C)[SiH2]N1CCCC. The van der Waals surface area contributed by atoms with Gasteiger partial charge in [-0.15, -0.1) is 0 Å². The molecule has 0 amide bonds. The van der Waals surface area contributed by atoms with E-state index in [1.807, 2.05) is 0 Å². The molecule has 0 spiro atoms. The first kappa shape index (κ1) is 13.2. The van der Waals surface area contributed by atoms with Crippen molar-refractivity contribution in [1.29, 1.82) is 0 Å². The molecule has 0 aliphatic carbocycles. The summed E-state index contributed by atoms with van der Waals surface area (Å²) < 4.78 is 5.27. The van der Waals surface area contributed by atoms with Gasteiger partial charge >= 0.3 is 0 Å². The van der Waals surface area contributed by atoms with Gasteiger partial charge in [-0.05, 0) is 33.5 Å². The van der Waals surface area contributed by atoms with Crippen LogP contribution < -0.4 is 0 Å². The Kier molecular flexibility index (Phi) is 5.82. The quantitative estimate of drug-likeness (QED) is 0.604. The summed E-state index contributed by atoms with van der Waals surface area (Å²) in [4.78, 5) is 2.51. The third-order valence-corrected chi connectivity index (χ3v) is 4.96. The molecule has 0 aromatic heterocycles. The van der Waals surface area contributed by atoms with Gasteiger partial charge < -0.3 is 0 Å². The van der Waals surface area contributed by atoms with Crippen molar-refractivity contribution in [1.82, 2.24) is 14.0 Å². The molecule has 0 aromatic rings. The van der Waals surface area contributed by atoms with Gasteiger partial charge in [-0.2, -0.15) is 0 Å². The van der Waals surface area contributed by atoms with Gasteiger partial charge in [-0.25, -0.2) is 0 Å². The Morgan fingerprint density at radius 2 is 1.87 bits per heavy atom. The lowest BCUT2D eigenvalue weighted by Gasteiger charge is -2.53. The molecule has 0 saturated carbocycles. The minimum Gasteiger partial charge on any atom is -0.292 e. The van der Waals surface area contributed by atoms with Crippen LogP contribution in [0.15, 0.2) is 0 Å². The summed E-state index contributed by atoms with van der Waals surface area (Å²) in [7, 11) is 4.48. The predicted octanol–water partition coefficient (Wildman–Crippen LogP) is 1.05. The van der Waals surface area contributed by atoms with E-state index in [4.69, 9.17) is 0 Å². The fourth-order valence-corrected chi connectivity index (χ4v) is 4.29. The lowest BCUT2D eigenvalue weighted by molar-refractivity contribution is -0.0162. The molecule has 1 fully saturated rings. The molecule has 1 heterocycles. The molecule has 1 aliphatic heterocycles. The molecule has 1 saturated heterocycles.